The van der Waals surface area contributed by atoms with Crippen LogP contribution in [0.5, 0.6) is 0 Å². The van der Waals surface area contributed by atoms with Crippen LogP contribution in [0.3, 0.4) is 0 Å². The summed E-state index contributed by atoms with van der Waals surface area (Å²) in [5.74, 6) is -2.09. The monoisotopic (exact) mass is 264 g/mol. The molecule has 0 aliphatic rings. The zero-order valence-corrected chi connectivity index (χ0v) is 10.1. The van der Waals surface area contributed by atoms with E-state index in [2.05, 4.69) is 10.3 Å². The fourth-order valence-corrected chi connectivity index (χ4v) is 1.81. The van der Waals surface area contributed by atoms with E-state index in [1.165, 1.54) is 6.92 Å². The van der Waals surface area contributed by atoms with Crippen LogP contribution in [-0.4, -0.2) is 28.0 Å². The Morgan fingerprint density at radius 3 is 2.84 bits per heavy atom. The van der Waals surface area contributed by atoms with E-state index in [4.69, 9.17) is 9.52 Å². The van der Waals surface area contributed by atoms with Gasteiger partial charge in [0.05, 0.1) is 5.52 Å². The van der Waals surface area contributed by atoms with Gasteiger partial charge >= 0.3 is 11.7 Å². The minimum atomic E-state index is -1.11. The number of hydrogen-bond acceptors (Lipinski definition) is 4. The van der Waals surface area contributed by atoms with E-state index in [1.54, 1.807) is 18.2 Å². The van der Waals surface area contributed by atoms with Gasteiger partial charge in [0.2, 0.25) is 5.91 Å². The summed E-state index contributed by atoms with van der Waals surface area (Å²) in [6, 6.07) is 3.85. The fourth-order valence-electron chi connectivity index (χ4n) is 1.81. The van der Waals surface area contributed by atoms with E-state index in [-0.39, 0.29) is 6.42 Å². The third kappa shape index (κ3) is 3.01. The van der Waals surface area contributed by atoms with E-state index >= 15 is 0 Å². The summed E-state index contributed by atoms with van der Waals surface area (Å²) in [5, 5.41) is 11.4. The maximum atomic E-state index is 11.0. The Labute approximate surface area is 107 Å². The van der Waals surface area contributed by atoms with Crippen molar-refractivity contribution >= 4 is 23.0 Å². The number of amides is 1. The SMILES string of the molecule is CC(=O)N[C@@H](Cc1ccc2oc(=O)[nH]c2c1)C(=O)O. The van der Waals surface area contributed by atoms with Crippen molar-refractivity contribution in [3.05, 3.63) is 34.3 Å². The third-order valence-electron chi connectivity index (χ3n) is 2.60. The number of H-pyrrole nitrogens is 1. The van der Waals surface area contributed by atoms with E-state index in [0.717, 1.165) is 0 Å². The molecule has 2 rings (SSSR count). The van der Waals surface area contributed by atoms with Crippen molar-refractivity contribution in [1.82, 2.24) is 10.3 Å². The number of nitrogens with one attached hydrogen (secondary N) is 2. The Balaban J connectivity index is 2.25. The largest absolute Gasteiger partial charge is 0.480 e. The number of aliphatic carboxylic acids is 1. The lowest BCUT2D eigenvalue weighted by molar-refractivity contribution is -0.141. The highest BCUT2D eigenvalue weighted by Gasteiger charge is 2.19. The summed E-state index contributed by atoms with van der Waals surface area (Å²) < 4.78 is 4.84. The number of carboxylic acids is 1. The molecule has 0 unspecified atom stereocenters. The number of hydrogen-bond donors (Lipinski definition) is 3. The molecule has 0 bridgehead atoms. The van der Waals surface area contributed by atoms with Crippen molar-refractivity contribution in [1.29, 1.82) is 0 Å². The molecule has 7 heteroatoms. The summed E-state index contributed by atoms with van der Waals surface area (Å²) in [6.07, 6.45) is 0.123. The Bertz CT molecular complexity index is 685. The molecule has 0 spiro atoms. The van der Waals surface area contributed by atoms with Gasteiger partial charge in [-0.05, 0) is 17.7 Å². The Morgan fingerprint density at radius 2 is 2.21 bits per heavy atom. The highest BCUT2D eigenvalue weighted by atomic mass is 16.4. The third-order valence-corrected chi connectivity index (χ3v) is 2.60. The van der Waals surface area contributed by atoms with E-state index < -0.39 is 23.7 Å². The molecule has 1 atom stereocenters. The van der Waals surface area contributed by atoms with Crippen molar-refractivity contribution in [3.63, 3.8) is 0 Å². The lowest BCUT2D eigenvalue weighted by atomic mass is 10.1. The molecule has 0 radical (unpaired) electrons. The molecular weight excluding hydrogens is 252 g/mol. The summed E-state index contributed by atoms with van der Waals surface area (Å²) in [4.78, 5) is 35.4. The second-order valence-electron chi connectivity index (χ2n) is 4.14. The van der Waals surface area contributed by atoms with Crippen molar-refractivity contribution in [2.45, 2.75) is 19.4 Å². The first-order chi connectivity index (χ1) is 8.95. The Hall–Kier alpha value is -2.57. The van der Waals surface area contributed by atoms with E-state index in [1.807, 2.05) is 0 Å². The minimum Gasteiger partial charge on any atom is -0.480 e. The number of aromatic amines is 1. The molecular formula is C12H12N2O5. The topological polar surface area (TPSA) is 112 Å². The van der Waals surface area contributed by atoms with Gasteiger partial charge in [0, 0.05) is 13.3 Å². The molecule has 0 saturated heterocycles. The van der Waals surface area contributed by atoms with Crippen LogP contribution in [0.25, 0.3) is 11.1 Å². The molecule has 1 heterocycles. The number of benzene rings is 1. The molecule has 1 amide bonds. The molecule has 0 fully saturated rings. The maximum Gasteiger partial charge on any atom is 0.417 e. The van der Waals surface area contributed by atoms with Crippen molar-refractivity contribution < 1.29 is 19.1 Å². The van der Waals surface area contributed by atoms with E-state index in [0.29, 0.717) is 16.7 Å². The molecule has 1 aromatic carbocycles. The molecule has 19 heavy (non-hydrogen) atoms. The maximum absolute atomic E-state index is 11.0. The predicted molar refractivity (Wildman–Crippen MR) is 65.8 cm³/mol. The van der Waals surface area contributed by atoms with E-state index in [9.17, 15) is 14.4 Å². The number of carboxylic acid groups (broad SMARTS) is 1. The van der Waals surface area contributed by atoms with Crippen LogP contribution in [0.2, 0.25) is 0 Å². The van der Waals surface area contributed by atoms with Crippen molar-refractivity contribution in [2.75, 3.05) is 0 Å². The first kappa shape index (κ1) is 12.9. The standard InChI is InChI=1S/C12H12N2O5/c1-6(15)13-9(11(16)17)5-7-2-3-10-8(4-7)14-12(18)19-10/h2-4,9H,5H2,1H3,(H,13,15)(H,14,18)(H,16,17)/t9-/m0/s1. The number of rotatable bonds is 4. The highest BCUT2D eigenvalue weighted by molar-refractivity contribution is 5.82. The summed E-state index contributed by atoms with van der Waals surface area (Å²) in [5.41, 5.74) is 1.57. The highest BCUT2D eigenvalue weighted by Crippen LogP contribution is 2.13. The van der Waals surface area contributed by atoms with Gasteiger partial charge in [0.1, 0.15) is 6.04 Å². The normalized spacial score (nSPS) is 12.3. The van der Waals surface area contributed by atoms with Crippen LogP contribution in [0, 0.1) is 0 Å². The van der Waals surface area contributed by atoms with Gasteiger partial charge in [-0.3, -0.25) is 9.78 Å². The number of oxazole rings is 1. The summed E-state index contributed by atoms with van der Waals surface area (Å²) in [6.45, 7) is 1.26. The Morgan fingerprint density at radius 1 is 1.47 bits per heavy atom. The summed E-state index contributed by atoms with van der Waals surface area (Å²) in [7, 11) is 0. The zero-order chi connectivity index (χ0) is 14.0. The summed E-state index contributed by atoms with van der Waals surface area (Å²) >= 11 is 0. The molecule has 0 aliphatic carbocycles. The van der Waals surface area contributed by atoms with Gasteiger partial charge in [-0.25, -0.2) is 9.59 Å². The number of carbonyl (C=O) groups excluding carboxylic acids is 1. The second kappa shape index (κ2) is 4.97. The number of carbonyl (C=O) groups is 2. The Kier molecular flexibility index (Phi) is 3.37. The smallest absolute Gasteiger partial charge is 0.417 e. The molecule has 2 aromatic rings. The first-order valence-electron chi connectivity index (χ1n) is 5.57. The quantitative estimate of drug-likeness (QED) is 0.732. The number of fused-ring (bicyclic) bond motifs is 1. The fraction of sp³-hybridized carbons (Fsp3) is 0.250. The second-order valence-corrected chi connectivity index (χ2v) is 4.14. The average Bonchev–Trinajstić information content (AvgIpc) is 2.66. The first-order valence-corrected chi connectivity index (χ1v) is 5.57. The zero-order valence-electron chi connectivity index (χ0n) is 10.1. The average molecular weight is 264 g/mol. The van der Waals surface area contributed by atoms with Gasteiger partial charge in [-0.1, -0.05) is 6.07 Å². The molecule has 0 saturated carbocycles. The number of aromatic nitrogens is 1. The van der Waals surface area contributed by atoms with Crippen LogP contribution >= 0.6 is 0 Å². The van der Waals surface area contributed by atoms with Gasteiger partial charge in [-0.2, -0.15) is 0 Å². The van der Waals surface area contributed by atoms with Crippen LogP contribution in [0.4, 0.5) is 0 Å². The van der Waals surface area contributed by atoms with Crippen LogP contribution < -0.4 is 11.1 Å². The minimum absolute atomic E-state index is 0.123. The van der Waals surface area contributed by atoms with Gasteiger partial charge < -0.3 is 14.8 Å². The van der Waals surface area contributed by atoms with Gasteiger partial charge in [0.15, 0.2) is 5.58 Å². The van der Waals surface area contributed by atoms with Crippen LogP contribution in [-0.2, 0) is 16.0 Å². The van der Waals surface area contributed by atoms with Gasteiger partial charge in [-0.15, -0.1) is 0 Å². The van der Waals surface area contributed by atoms with Crippen LogP contribution in [0.15, 0.2) is 27.4 Å². The van der Waals surface area contributed by atoms with Crippen molar-refractivity contribution in [2.24, 2.45) is 0 Å². The predicted octanol–water partition coefficient (Wildman–Crippen LogP) is 0.253. The molecule has 0 aliphatic heterocycles. The molecule has 3 N–H and O–H groups in total. The van der Waals surface area contributed by atoms with Crippen LogP contribution in [0.1, 0.15) is 12.5 Å². The lowest BCUT2D eigenvalue weighted by Gasteiger charge is -2.12. The molecule has 100 valence electrons. The molecule has 1 aromatic heterocycles. The molecule has 7 nitrogen and oxygen atoms in total. The van der Waals surface area contributed by atoms with Gasteiger partial charge in [0.25, 0.3) is 0 Å². The van der Waals surface area contributed by atoms with Crippen molar-refractivity contribution in [3.8, 4) is 0 Å². The lowest BCUT2D eigenvalue weighted by Crippen LogP contribution is -2.41.